The van der Waals surface area contributed by atoms with Crippen molar-refractivity contribution in [3.8, 4) is 5.75 Å². The predicted octanol–water partition coefficient (Wildman–Crippen LogP) is 4.26. The van der Waals surface area contributed by atoms with Gasteiger partial charge in [-0.1, -0.05) is 6.92 Å². The fourth-order valence-electron chi connectivity index (χ4n) is 4.34. The van der Waals surface area contributed by atoms with Crippen molar-refractivity contribution < 1.29 is 27.5 Å². The number of carbonyl (C=O) groups is 2. The van der Waals surface area contributed by atoms with E-state index in [1.54, 1.807) is 4.90 Å². The minimum atomic E-state index is -4.75. The van der Waals surface area contributed by atoms with Crippen LogP contribution in [0.5, 0.6) is 5.75 Å². The fraction of sp³-hybridized carbons (Fsp3) is 0.619. The maximum Gasteiger partial charge on any atom is 0.573 e. The van der Waals surface area contributed by atoms with Crippen LogP contribution in [-0.4, -0.2) is 60.8 Å². The van der Waals surface area contributed by atoms with Gasteiger partial charge in [-0.15, -0.1) is 13.2 Å². The van der Waals surface area contributed by atoms with Gasteiger partial charge >= 0.3 is 12.4 Å². The van der Waals surface area contributed by atoms with E-state index < -0.39 is 11.8 Å². The van der Waals surface area contributed by atoms with E-state index in [1.807, 2.05) is 23.6 Å². The molecule has 0 radical (unpaired) electrons. The maximum atomic E-state index is 13.2. The summed E-state index contributed by atoms with van der Waals surface area (Å²) in [6.45, 7) is 6.97. The molecule has 0 saturated carbocycles. The van der Waals surface area contributed by atoms with Crippen molar-refractivity contribution in [2.45, 2.75) is 45.9 Å². The highest BCUT2D eigenvalue weighted by atomic mass is 19.4. The molecule has 1 aromatic rings. The van der Waals surface area contributed by atoms with E-state index in [4.69, 9.17) is 0 Å². The second kappa shape index (κ2) is 8.73. The first kappa shape index (κ1) is 22.2. The second-order valence-electron chi connectivity index (χ2n) is 7.88. The quantitative estimate of drug-likeness (QED) is 0.706. The number of piperidine rings is 1. The number of alkyl halides is 3. The van der Waals surface area contributed by atoms with Crippen molar-refractivity contribution in [3.63, 3.8) is 0 Å². The zero-order valence-corrected chi connectivity index (χ0v) is 17.4. The Labute approximate surface area is 174 Å². The van der Waals surface area contributed by atoms with Gasteiger partial charge in [0.1, 0.15) is 5.75 Å². The average Bonchev–Trinajstić information content (AvgIpc) is 3.02. The van der Waals surface area contributed by atoms with Crippen LogP contribution in [0.1, 0.15) is 39.5 Å². The van der Waals surface area contributed by atoms with E-state index >= 15 is 0 Å². The Balaban J connectivity index is 1.62. The minimum absolute atomic E-state index is 0.0139. The molecular formula is C21H28F3N3O3. The van der Waals surface area contributed by atoms with Crippen LogP contribution in [0.4, 0.5) is 23.7 Å². The van der Waals surface area contributed by atoms with Crippen LogP contribution < -0.4 is 9.64 Å². The van der Waals surface area contributed by atoms with Crippen molar-refractivity contribution in [2.75, 3.05) is 37.6 Å². The zero-order chi connectivity index (χ0) is 21.9. The summed E-state index contributed by atoms with van der Waals surface area (Å²) in [6.07, 6.45) is -1.95. The van der Waals surface area contributed by atoms with Crippen LogP contribution in [-0.2, 0) is 4.79 Å². The molecule has 1 spiro atoms. The van der Waals surface area contributed by atoms with Crippen molar-refractivity contribution in [3.05, 3.63) is 24.3 Å². The smallest absolute Gasteiger partial charge is 0.406 e. The summed E-state index contributed by atoms with van der Waals surface area (Å²) in [7, 11) is 0. The first-order chi connectivity index (χ1) is 14.2. The lowest BCUT2D eigenvalue weighted by Gasteiger charge is -2.39. The van der Waals surface area contributed by atoms with Gasteiger partial charge in [0.15, 0.2) is 0 Å². The predicted molar refractivity (Wildman–Crippen MR) is 106 cm³/mol. The molecule has 30 heavy (non-hydrogen) atoms. The molecular weight excluding hydrogens is 399 g/mol. The fourth-order valence-corrected chi connectivity index (χ4v) is 4.34. The molecule has 0 atom stereocenters. The normalized spacial score (nSPS) is 18.8. The van der Waals surface area contributed by atoms with Gasteiger partial charge < -0.3 is 19.4 Å². The standard InChI is InChI=1S/C21H28F3N3O3/c1-3-12-25(4-2)19(29)26-13-9-20(10-14-26)11-15-27(18(20)28)16-5-7-17(8-6-16)30-21(22,23)24/h5-8H,3-4,9-15H2,1-2H3. The summed E-state index contributed by atoms with van der Waals surface area (Å²) in [6, 6.07) is 5.41. The largest absolute Gasteiger partial charge is 0.573 e. The molecule has 2 saturated heterocycles. The van der Waals surface area contributed by atoms with Crippen molar-refractivity contribution in [1.82, 2.24) is 9.80 Å². The molecule has 0 N–H and O–H groups in total. The highest BCUT2D eigenvalue weighted by Gasteiger charge is 2.49. The van der Waals surface area contributed by atoms with Crippen LogP contribution in [0, 0.1) is 5.41 Å². The second-order valence-corrected chi connectivity index (χ2v) is 7.88. The number of hydrogen-bond donors (Lipinski definition) is 0. The van der Waals surface area contributed by atoms with Gasteiger partial charge in [-0.05, 0) is 56.9 Å². The molecule has 0 aromatic heterocycles. The first-order valence-electron chi connectivity index (χ1n) is 10.4. The Morgan fingerprint density at radius 3 is 2.23 bits per heavy atom. The molecule has 2 aliphatic heterocycles. The van der Waals surface area contributed by atoms with Crippen molar-refractivity contribution in [1.29, 1.82) is 0 Å². The zero-order valence-electron chi connectivity index (χ0n) is 17.4. The summed E-state index contributed by atoms with van der Waals surface area (Å²) < 4.78 is 40.9. The van der Waals surface area contributed by atoms with Gasteiger partial charge in [0.25, 0.3) is 0 Å². The third-order valence-electron chi connectivity index (χ3n) is 6.03. The molecule has 6 nitrogen and oxygen atoms in total. The number of amides is 3. The Kier molecular flexibility index (Phi) is 6.47. The Morgan fingerprint density at radius 2 is 1.70 bits per heavy atom. The van der Waals surface area contributed by atoms with Gasteiger partial charge in [0.2, 0.25) is 5.91 Å². The number of rotatable bonds is 5. The SMILES string of the molecule is CCCN(CC)C(=O)N1CCC2(CC1)CCN(c1ccc(OC(F)(F)F)cc1)C2=O. The molecule has 0 aliphatic carbocycles. The summed E-state index contributed by atoms with van der Waals surface area (Å²) in [4.78, 5) is 31.1. The highest BCUT2D eigenvalue weighted by molar-refractivity contribution is 6.00. The van der Waals surface area contributed by atoms with Crippen LogP contribution >= 0.6 is 0 Å². The van der Waals surface area contributed by atoms with E-state index in [2.05, 4.69) is 4.74 Å². The first-order valence-corrected chi connectivity index (χ1v) is 10.4. The molecule has 3 amide bonds. The monoisotopic (exact) mass is 427 g/mol. The Morgan fingerprint density at radius 1 is 1.10 bits per heavy atom. The number of urea groups is 1. The molecule has 2 heterocycles. The van der Waals surface area contributed by atoms with Gasteiger partial charge in [0, 0.05) is 38.4 Å². The maximum absolute atomic E-state index is 13.2. The van der Waals surface area contributed by atoms with Crippen LogP contribution in [0.25, 0.3) is 0 Å². The van der Waals surface area contributed by atoms with Crippen molar-refractivity contribution in [2.24, 2.45) is 5.41 Å². The summed E-state index contributed by atoms with van der Waals surface area (Å²) in [5.41, 5.74) is 0.0599. The van der Waals surface area contributed by atoms with Crippen molar-refractivity contribution >= 4 is 17.6 Å². The molecule has 2 fully saturated rings. The van der Waals surface area contributed by atoms with E-state index in [1.165, 1.54) is 24.3 Å². The number of hydrogen-bond acceptors (Lipinski definition) is 3. The molecule has 2 aliphatic rings. The third kappa shape index (κ3) is 4.65. The molecule has 9 heteroatoms. The summed E-state index contributed by atoms with van der Waals surface area (Å²) in [5.74, 6) is -0.327. The number of carbonyl (C=O) groups excluding carboxylic acids is 2. The van der Waals surface area contributed by atoms with Gasteiger partial charge in [0.05, 0.1) is 5.41 Å². The minimum Gasteiger partial charge on any atom is -0.406 e. The third-order valence-corrected chi connectivity index (χ3v) is 6.03. The van der Waals surface area contributed by atoms with Gasteiger partial charge in [-0.25, -0.2) is 4.79 Å². The van der Waals surface area contributed by atoms with Crippen LogP contribution in [0.15, 0.2) is 24.3 Å². The molecule has 1 aromatic carbocycles. The summed E-state index contributed by atoms with van der Waals surface area (Å²) in [5, 5.41) is 0. The Bertz CT molecular complexity index is 759. The number of halogens is 3. The topological polar surface area (TPSA) is 53.1 Å². The van der Waals surface area contributed by atoms with E-state index in [0.29, 0.717) is 51.1 Å². The Hall–Kier alpha value is -2.45. The van der Waals surface area contributed by atoms with E-state index in [-0.39, 0.29) is 17.7 Å². The van der Waals surface area contributed by atoms with E-state index in [9.17, 15) is 22.8 Å². The lowest BCUT2D eigenvalue weighted by Crippen LogP contribution is -2.50. The lowest BCUT2D eigenvalue weighted by atomic mass is 9.77. The molecule has 166 valence electrons. The van der Waals surface area contributed by atoms with Gasteiger partial charge in [-0.2, -0.15) is 0 Å². The number of nitrogens with zero attached hydrogens (tertiary/aromatic N) is 3. The average molecular weight is 427 g/mol. The lowest BCUT2D eigenvalue weighted by molar-refractivity contribution is -0.274. The van der Waals surface area contributed by atoms with E-state index in [0.717, 1.165) is 13.0 Å². The van der Waals surface area contributed by atoms with Crippen LogP contribution in [0.2, 0.25) is 0 Å². The number of benzene rings is 1. The summed E-state index contributed by atoms with van der Waals surface area (Å²) >= 11 is 0. The van der Waals surface area contributed by atoms with Crippen LogP contribution in [0.3, 0.4) is 0 Å². The molecule has 3 rings (SSSR count). The number of anilines is 1. The van der Waals surface area contributed by atoms with Gasteiger partial charge in [-0.3, -0.25) is 4.79 Å². The molecule has 0 unspecified atom stereocenters. The number of likely N-dealkylation sites (tertiary alicyclic amines) is 1. The highest BCUT2D eigenvalue weighted by Crippen LogP contribution is 2.43. The molecule has 0 bridgehead atoms. The number of ether oxygens (including phenoxy) is 1.